The topological polar surface area (TPSA) is 88.4 Å². The van der Waals surface area contributed by atoms with Crippen molar-refractivity contribution in [3.8, 4) is 11.1 Å². The van der Waals surface area contributed by atoms with Crippen molar-refractivity contribution in [3.05, 3.63) is 107 Å². The number of anilines is 2. The third-order valence-corrected chi connectivity index (χ3v) is 7.08. The van der Waals surface area contributed by atoms with Crippen LogP contribution in [0.2, 0.25) is 0 Å². The van der Waals surface area contributed by atoms with Crippen LogP contribution in [0, 0.1) is 13.8 Å². The summed E-state index contributed by atoms with van der Waals surface area (Å²) in [5.74, 6) is 0.370. The van der Waals surface area contributed by atoms with Gasteiger partial charge in [0.25, 0.3) is 5.91 Å². The minimum Gasteiger partial charge on any atom is -0.348 e. The smallest absolute Gasteiger partial charge is 0.251 e. The maximum absolute atomic E-state index is 12.6. The Balaban J connectivity index is 1.28. The molecule has 0 saturated heterocycles. The highest BCUT2D eigenvalue weighted by atomic mass is 32.2. The Morgan fingerprint density at radius 2 is 1.65 bits per heavy atom. The van der Waals surface area contributed by atoms with E-state index in [9.17, 15) is 9.00 Å². The Bertz CT molecular complexity index is 1610. The molecule has 0 spiro atoms. The minimum absolute atomic E-state index is 0.108. The first-order chi connectivity index (χ1) is 17.9. The van der Waals surface area contributed by atoms with Crippen molar-refractivity contribution in [1.29, 1.82) is 0 Å². The molecule has 0 saturated carbocycles. The summed E-state index contributed by atoms with van der Waals surface area (Å²) in [5.41, 5.74) is 7.34. The molecule has 1 amide bonds. The van der Waals surface area contributed by atoms with Gasteiger partial charge in [-0.15, -0.1) is 5.10 Å². The van der Waals surface area contributed by atoms with Gasteiger partial charge in [-0.1, -0.05) is 42.0 Å². The average molecular weight is 510 g/mol. The van der Waals surface area contributed by atoms with Crippen LogP contribution in [0.3, 0.4) is 0 Å². The number of aryl methyl sites for hydroxylation is 2. The number of benzene rings is 3. The zero-order valence-corrected chi connectivity index (χ0v) is 21.7. The quantitative estimate of drug-likeness (QED) is 0.306. The number of aromatic nitrogens is 3. The molecule has 0 fully saturated rings. The Labute approximate surface area is 218 Å². The van der Waals surface area contributed by atoms with Crippen molar-refractivity contribution in [2.45, 2.75) is 25.3 Å². The molecular formula is C29H27N5O2S. The maximum atomic E-state index is 12.6. The van der Waals surface area contributed by atoms with E-state index in [4.69, 9.17) is 0 Å². The molecule has 0 radical (unpaired) electrons. The number of fused-ring (bicyclic) bond motifs is 1. The average Bonchev–Trinajstić information content (AvgIpc) is 3.31. The van der Waals surface area contributed by atoms with E-state index in [0.29, 0.717) is 23.7 Å². The van der Waals surface area contributed by atoms with Crippen molar-refractivity contribution >= 4 is 34.0 Å². The molecule has 0 unspecified atom stereocenters. The summed E-state index contributed by atoms with van der Waals surface area (Å²) in [5, 5.41) is 10.8. The fraction of sp³-hybridized carbons (Fsp3) is 0.138. The van der Waals surface area contributed by atoms with Crippen LogP contribution >= 0.6 is 0 Å². The standard InChI is InChI=1S/C29H27N5O2S/c1-19-4-6-21(7-5-19)17-30-28(35)23-10-8-22(9-11-23)24-12-15-27-32-29(33-34(27)18-24)31-26-14-13-25(37(3)36)16-20(26)2/h4-16,18H,17H2,1-3H3,(H,30,35)(H,31,33)/t37-/m1/s1. The lowest BCUT2D eigenvalue weighted by Crippen LogP contribution is -2.22. The van der Waals surface area contributed by atoms with Crippen molar-refractivity contribution < 1.29 is 9.00 Å². The van der Waals surface area contributed by atoms with Gasteiger partial charge in [0.15, 0.2) is 5.65 Å². The van der Waals surface area contributed by atoms with Crippen molar-refractivity contribution in [3.63, 3.8) is 0 Å². The highest BCUT2D eigenvalue weighted by Gasteiger charge is 2.10. The highest BCUT2D eigenvalue weighted by Crippen LogP contribution is 2.24. The SMILES string of the molecule is Cc1ccc(CNC(=O)c2ccc(-c3ccc4nc(Nc5ccc([S@@](C)=O)cc5C)nn4c3)cc2)cc1. The van der Waals surface area contributed by atoms with Crippen LogP contribution in [0.4, 0.5) is 11.6 Å². The molecular weight excluding hydrogens is 482 g/mol. The molecule has 5 rings (SSSR count). The third-order valence-electron chi connectivity index (χ3n) is 6.16. The Hall–Kier alpha value is -4.30. The van der Waals surface area contributed by atoms with Crippen LogP contribution in [0.25, 0.3) is 16.8 Å². The van der Waals surface area contributed by atoms with Gasteiger partial charge in [0.2, 0.25) is 5.95 Å². The van der Waals surface area contributed by atoms with E-state index >= 15 is 0 Å². The van der Waals surface area contributed by atoms with E-state index < -0.39 is 10.8 Å². The van der Waals surface area contributed by atoms with Gasteiger partial charge in [-0.3, -0.25) is 9.00 Å². The summed E-state index contributed by atoms with van der Waals surface area (Å²) in [4.78, 5) is 17.9. The third kappa shape index (κ3) is 5.59. The van der Waals surface area contributed by atoms with Crippen LogP contribution in [-0.4, -0.2) is 31.0 Å². The number of nitrogens with zero attached hydrogens (tertiary/aromatic N) is 3. The number of amides is 1. The first-order valence-electron chi connectivity index (χ1n) is 11.9. The molecule has 2 N–H and O–H groups in total. The van der Waals surface area contributed by atoms with Gasteiger partial charge >= 0.3 is 0 Å². The first kappa shape index (κ1) is 24.4. The van der Waals surface area contributed by atoms with E-state index in [0.717, 1.165) is 32.8 Å². The van der Waals surface area contributed by atoms with Gasteiger partial charge in [-0.25, -0.2) is 4.52 Å². The highest BCUT2D eigenvalue weighted by molar-refractivity contribution is 7.84. The van der Waals surface area contributed by atoms with Crippen molar-refractivity contribution in [1.82, 2.24) is 19.9 Å². The van der Waals surface area contributed by atoms with Gasteiger partial charge in [0, 0.05) is 51.5 Å². The zero-order chi connectivity index (χ0) is 25.9. The molecule has 2 aromatic heterocycles. The molecule has 3 aromatic carbocycles. The summed E-state index contributed by atoms with van der Waals surface area (Å²) >= 11 is 0. The molecule has 7 nitrogen and oxygen atoms in total. The van der Waals surface area contributed by atoms with Gasteiger partial charge in [-0.2, -0.15) is 4.98 Å². The molecule has 1 atom stereocenters. The summed E-state index contributed by atoms with van der Waals surface area (Å²) in [6.45, 7) is 4.49. The lowest BCUT2D eigenvalue weighted by molar-refractivity contribution is 0.0951. The number of hydrogen-bond acceptors (Lipinski definition) is 5. The van der Waals surface area contributed by atoms with Gasteiger partial charge in [0.05, 0.1) is 0 Å². The van der Waals surface area contributed by atoms with E-state index in [-0.39, 0.29) is 5.91 Å². The van der Waals surface area contributed by atoms with E-state index in [2.05, 4.69) is 20.7 Å². The zero-order valence-electron chi connectivity index (χ0n) is 20.9. The molecule has 37 heavy (non-hydrogen) atoms. The minimum atomic E-state index is -1.03. The van der Waals surface area contributed by atoms with Crippen LogP contribution < -0.4 is 10.6 Å². The summed E-state index contributed by atoms with van der Waals surface area (Å²) in [6, 6.07) is 25.2. The Morgan fingerprint density at radius 1 is 0.919 bits per heavy atom. The molecule has 0 aliphatic rings. The van der Waals surface area contributed by atoms with Gasteiger partial charge in [-0.05, 0) is 73.0 Å². The Kier molecular flexibility index (Phi) is 6.83. The molecule has 5 aromatic rings. The predicted octanol–water partition coefficient (Wildman–Crippen LogP) is 5.42. The van der Waals surface area contributed by atoms with Crippen molar-refractivity contribution in [2.24, 2.45) is 0 Å². The second-order valence-corrected chi connectivity index (χ2v) is 10.3. The first-order valence-corrected chi connectivity index (χ1v) is 13.4. The summed E-state index contributed by atoms with van der Waals surface area (Å²) in [6.07, 6.45) is 3.58. The summed E-state index contributed by atoms with van der Waals surface area (Å²) in [7, 11) is -1.03. The van der Waals surface area contributed by atoms with Crippen LogP contribution in [0.15, 0.2) is 90.0 Å². The fourth-order valence-corrected chi connectivity index (χ4v) is 4.59. The molecule has 0 aliphatic carbocycles. The van der Waals surface area contributed by atoms with Gasteiger partial charge in [0.1, 0.15) is 0 Å². The Morgan fingerprint density at radius 3 is 2.35 bits per heavy atom. The number of carbonyl (C=O) groups excluding carboxylic acids is 1. The largest absolute Gasteiger partial charge is 0.348 e. The monoisotopic (exact) mass is 509 g/mol. The van der Waals surface area contributed by atoms with E-state index in [1.807, 2.05) is 98.9 Å². The van der Waals surface area contributed by atoms with E-state index in [1.54, 1.807) is 10.8 Å². The number of hydrogen-bond donors (Lipinski definition) is 2. The number of rotatable bonds is 7. The molecule has 8 heteroatoms. The van der Waals surface area contributed by atoms with E-state index in [1.165, 1.54) is 5.56 Å². The van der Waals surface area contributed by atoms with Crippen molar-refractivity contribution in [2.75, 3.05) is 11.6 Å². The second kappa shape index (κ2) is 10.4. The van der Waals surface area contributed by atoms with Crippen LogP contribution in [0.5, 0.6) is 0 Å². The molecule has 0 bridgehead atoms. The molecule has 2 heterocycles. The molecule has 186 valence electrons. The molecule has 0 aliphatic heterocycles. The number of nitrogens with one attached hydrogen (secondary N) is 2. The lowest BCUT2D eigenvalue weighted by Gasteiger charge is -2.07. The number of pyridine rings is 1. The maximum Gasteiger partial charge on any atom is 0.251 e. The lowest BCUT2D eigenvalue weighted by atomic mass is 10.1. The number of carbonyl (C=O) groups is 1. The van der Waals surface area contributed by atoms with Crippen LogP contribution in [-0.2, 0) is 17.3 Å². The summed E-state index contributed by atoms with van der Waals surface area (Å²) < 4.78 is 13.4. The van der Waals surface area contributed by atoms with Gasteiger partial charge < -0.3 is 10.6 Å². The van der Waals surface area contributed by atoms with Crippen LogP contribution in [0.1, 0.15) is 27.0 Å². The normalized spacial score (nSPS) is 11.9. The fourth-order valence-electron chi connectivity index (χ4n) is 3.99. The second-order valence-electron chi connectivity index (χ2n) is 8.96. The predicted molar refractivity (Wildman–Crippen MR) is 148 cm³/mol.